The topological polar surface area (TPSA) is 97.6 Å². The molecule has 1 saturated carbocycles. The Bertz CT molecular complexity index is 853. The highest BCUT2D eigenvalue weighted by Gasteiger charge is 2.21. The Balaban J connectivity index is 1.75. The van der Waals surface area contributed by atoms with E-state index in [1.165, 1.54) is 13.1 Å². The van der Waals surface area contributed by atoms with Gasteiger partial charge < -0.3 is 14.5 Å². The zero-order valence-electron chi connectivity index (χ0n) is 13.8. The van der Waals surface area contributed by atoms with Crippen molar-refractivity contribution in [2.45, 2.75) is 36.9 Å². The second-order valence-corrected chi connectivity index (χ2v) is 7.65. The van der Waals surface area contributed by atoms with E-state index in [0.29, 0.717) is 11.4 Å². The Morgan fingerprint density at radius 2 is 1.96 bits per heavy atom. The van der Waals surface area contributed by atoms with Crippen LogP contribution in [0.1, 0.15) is 36.0 Å². The number of carbonyl (C=O) groups is 1. The lowest BCUT2D eigenvalue weighted by atomic mass is 10.2. The first-order chi connectivity index (χ1) is 12.0. The predicted octanol–water partition coefficient (Wildman–Crippen LogP) is 2.76. The normalized spacial score (nSPS) is 15.2. The number of amides is 1. The summed E-state index contributed by atoms with van der Waals surface area (Å²) in [6.07, 6.45) is 5.59. The van der Waals surface area contributed by atoms with Gasteiger partial charge in [0, 0.05) is 6.07 Å². The van der Waals surface area contributed by atoms with Crippen molar-refractivity contribution in [1.29, 1.82) is 0 Å². The highest BCUT2D eigenvalue weighted by Crippen LogP contribution is 2.30. The fourth-order valence-corrected chi connectivity index (χ4v) is 3.39. The van der Waals surface area contributed by atoms with Crippen LogP contribution in [-0.4, -0.2) is 27.5 Å². The molecule has 0 aliphatic heterocycles. The lowest BCUT2D eigenvalue weighted by Gasteiger charge is -2.16. The lowest BCUT2D eigenvalue weighted by molar-refractivity contribution is 0.102. The fourth-order valence-electron chi connectivity index (χ4n) is 2.73. The van der Waals surface area contributed by atoms with Crippen molar-refractivity contribution in [3.8, 4) is 5.75 Å². The number of rotatable bonds is 6. The number of ether oxygens (including phenoxy) is 1. The first kappa shape index (κ1) is 17.5. The van der Waals surface area contributed by atoms with Crippen molar-refractivity contribution in [2.75, 3.05) is 12.4 Å². The van der Waals surface area contributed by atoms with Crippen LogP contribution >= 0.6 is 0 Å². The summed E-state index contributed by atoms with van der Waals surface area (Å²) < 4.78 is 36.5. The van der Waals surface area contributed by atoms with E-state index in [0.717, 1.165) is 31.9 Å². The van der Waals surface area contributed by atoms with Gasteiger partial charge >= 0.3 is 0 Å². The molecular weight excluding hydrogens is 344 g/mol. The van der Waals surface area contributed by atoms with Gasteiger partial charge in [-0.05, 0) is 44.9 Å². The third kappa shape index (κ3) is 4.02. The SMILES string of the molecule is CNS(=O)(=O)c1cc(C(=O)Nc2ccccc2OC2CCCC2)co1. The first-order valence-electron chi connectivity index (χ1n) is 8.09. The van der Waals surface area contributed by atoms with Gasteiger partial charge in [0.25, 0.3) is 15.9 Å². The van der Waals surface area contributed by atoms with Gasteiger partial charge in [-0.1, -0.05) is 12.1 Å². The van der Waals surface area contributed by atoms with E-state index in [4.69, 9.17) is 9.15 Å². The van der Waals surface area contributed by atoms with Gasteiger partial charge in [0.2, 0.25) is 5.09 Å². The Hall–Kier alpha value is -2.32. The second-order valence-electron chi connectivity index (χ2n) is 5.84. The maximum absolute atomic E-state index is 12.4. The summed E-state index contributed by atoms with van der Waals surface area (Å²) >= 11 is 0. The summed E-state index contributed by atoms with van der Waals surface area (Å²) in [5.74, 6) is 0.137. The molecule has 8 heteroatoms. The number of carbonyl (C=O) groups excluding carboxylic acids is 1. The zero-order valence-corrected chi connectivity index (χ0v) is 14.6. The summed E-state index contributed by atoms with van der Waals surface area (Å²) in [6, 6.07) is 8.37. The molecule has 1 fully saturated rings. The third-order valence-electron chi connectivity index (χ3n) is 4.10. The van der Waals surface area contributed by atoms with Crippen LogP contribution in [0, 0.1) is 0 Å². The molecule has 0 atom stereocenters. The van der Waals surface area contributed by atoms with Crippen LogP contribution in [0.5, 0.6) is 5.75 Å². The van der Waals surface area contributed by atoms with Crippen LogP contribution in [0.2, 0.25) is 0 Å². The molecule has 3 rings (SSSR count). The van der Waals surface area contributed by atoms with Gasteiger partial charge in [-0.15, -0.1) is 0 Å². The van der Waals surface area contributed by atoms with Gasteiger partial charge in [-0.3, -0.25) is 4.79 Å². The van der Waals surface area contributed by atoms with Crippen LogP contribution in [0.3, 0.4) is 0 Å². The summed E-state index contributed by atoms with van der Waals surface area (Å²) in [7, 11) is -2.46. The summed E-state index contributed by atoms with van der Waals surface area (Å²) in [5, 5.41) is 2.43. The van der Waals surface area contributed by atoms with Crippen LogP contribution in [-0.2, 0) is 10.0 Å². The van der Waals surface area contributed by atoms with Crippen molar-refractivity contribution in [3.05, 3.63) is 42.2 Å². The summed E-state index contributed by atoms with van der Waals surface area (Å²) in [5.41, 5.74) is 0.656. The van der Waals surface area contributed by atoms with Crippen LogP contribution in [0.25, 0.3) is 0 Å². The van der Waals surface area contributed by atoms with Crippen molar-refractivity contribution in [1.82, 2.24) is 4.72 Å². The second kappa shape index (κ2) is 7.28. The van der Waals surface area contributed by atoms with E-state index < -0.39 is 15.9 Å². The number of sulfonamides is 1. The Kier molecular flexibility index (Phi) is 5.10. The van der Waals surface area contributed by atoms with E-state index in [1.807, 2.05) is 6.07 Å². The number of nitrogens with one attached hydrogen (secondary N) is 2. The standard InChI is InChI=1S/C17H20N2O5S/c1-18-25(21,22)16-10-12(11-23-16)17(20)19-14-8-4-5-9-15(14)24-13-6-2-3-7-13/h4-5,8-11,13,18H,2-3,6-7H2,1H3,(H,19,20). The van der Waals surface area contributed by atoms with Crippen molar-refractivity contribution >= 4 is 21.6 Å². The molecule has 1 aliphatic rings. The van der Waals surface area contributed by atoms with Crippen LogP contribution < -0.4 is 14.8 Å². The van der Waals surface area contributed by atoms with E-state index in [2.05, 4.69) is 10.0 Å². The van der Waals surface area contributed by atoms with Gasteiger partial charge in [-0.25, -0.2) is 13.1 Å². The molecule has 0 unspecified atom stereocenters. The molecular formula is C17H20N2O5S. The monoisotopic (exact) mass is 364 g/mol. The van der Waals surface area contributed by atoms with Crippen molar-refractivity contribution < 1.29 is 22.4 Å². The molecule has 1 amide bonds. The number of benzene rings is 1. The maximum atomic E-state index is 12.4. The van der Waals surface area contributed by atoms with Gasteiger partial charge in [0.15, 0.2) is 0 Å². The molecule has 0 spiro atoms. The van der Waals surface area contributed by atoms with Crippen LogP contribution in [0.4, 0.5) is 5.69 Å². The molecule has 2 N–H and O–H groups in total. The molecule has 1 aromatic carbocycles. The molecule has 0 radical (unpaired) electrons. The third-order valence-corrected chi connectivity index (χ3v) is 5.38. The van der Waals surface area contributed by atoms with Gasteiger partial charge in [-0.2, -0.15) is 0 Å². The minimum absolute atomic E-state index is 0.115. The largest absolute Gasteiger partial charge is 0.488 e. The molecule has 0 saturated heterocycles. The molecule has 2 aromatic rings. The lowest BCUT2D eigenvalue weighted by Crippen LogP contribution is -2.18. The Morgan fingerprint density at radius 3 is 2.68 bits per heavy atom. The Morgan fingerprint density at radius 1 is 1.24 bits per heavy atom. The van der Waals surface area contributed by atoms with Crippen molar-refractivity contribution in [2.24, 2.45) is 0 Å². The zero-order chi connectivity index (χ0) is 17.9. The maximum Gasteiger partial charge on any atom is 0.273 e. The van der Waals surface area contributed by atoms with Crippen molar-refractivity contribution in [3.63, 3.8) is 0 Å². The molecule has 1 aromatic heterocycles. The average molecular weight is 364 g/mol. The number of hydrogen-bond acceptors (Lipinski definition) is 5. The average Bonchev–Trinajstić information content (AvgIpc) is 3.28. The number of furan rings is 1. The summed E-state index contributed by atoms with van der Waals surface area (Å²) in [4.78, 5) is 12.4. The number of anilines is 1. The van der Waals surface area contributed by atoms with E-state index in [-0.39, 0.29) is 16.8 Å². The van der Waals surface area contributed by atoms with Crippen LogP contribution in [0.15, 0.2) is 46.1 Å². The number of para-hydroxylation sites is 2. The van der Waals surface area contributed by atoms with Gasteiger partial charge in [0.1, 0.15) is 12.0 Å². The quantitative estimate of drug-likeness (QED) is 0.821. The van der Waals surface area contributed by atoms with E-state index in [9.17, 15) is 13.2 Å². The van der Waals surface area contributed by atoms with Gasteiger partial charge in [0.05, 0.1) is 17.4 Å². The highest BCUT2D eigenvalue weighted by atomic mass is 32.2. The van der Waals surface area contributed by atoms with E-state index in [1.54, 1.807) is 18.2 Å². The molecule has 1 heterocycles. The molecule has 0 bridgehead atoms. The number of hydrogen-bond donors (Lipinski definition) is 2. The molecule has 25 heavy (non-hydrogen) atoms. The summed E-state index contributed by atoms with van der Waals surface area (Å²) in [6.45, 7) is 0. The van der Waals surface area contributed by atoms with E-state index >= 15 is 0 Å². The minimum atomic E-state index is -3.73. The highest BCUT2D eigenvalue weighted by molar-refractivity contribution is 7.89. The predicted molar refractivity (Wildman–Crippen MR) is 92.2 cm³/mol. The minimum Gasteiger partial charge on any atom is -0.488 e. The molecule has 134 valence electrons. The Labute approximate surface area is 146 Å². The fraction of sp³-hybridized carbons (Fsp3) is 0.353. The first-order valence-corrected chi connectivity index (χ1v) is 9.57. The molecule has 1 aliphatic carbocycles. The molecule has 7 nitrogen and oxygen atoms in total. The smallest absolute Gasteiger partial charge is 0.273 e.